The molecule has 1 fully saturated rings. The molecule has 1 aliphatic heterocycles. The van der Waals surface area contributed by atoms with Crippen LogP contribution in [0.5, 0.6) is 0 Å². The zero-order valence-electron chi connectivity index (χ0n) is 8.01. The van der Waals surface area contributed by atoms with Gasteiger partial charge in [-0.25, -0.2) is 0 Å². The molecular weight excluding hydrogens is 169 g/mol. The fourth-order valence-corrected chi connectivity index (χ4v) is 1.72. The summed E-state index contributed by atoms with van der Waals surface area (Å²) in [5.74, 6) is 0.311. The molecule has 0 aromatic rings. The van der Waals surface area contributed by atoms with Crippen molar-refractivity contribution in [3.8, 4) is 0 Å². The van der Waals surface area contributed by atoms with Crippen molar-refractivity contribution < 1.29 is 9.47 Å². The number of rotatable bonds is 4. The van der Waals surface area contributed by atoms with E-state index in [1.807, 2.05) is 7.85 Å². The molecule has 1 rings (SSSR count). The lowest BCUT2D eigenvalue weighted by Crippen LogP contribution is -2.23. The second kappa shape index (κ2) is 5.12. The lowest BCUT2D eigenvalue weighted by Gasteiger charge is -2.15. The molecule has 0 aromatic carbocycles. The Labute approximate surface area is 78.4 Å². The molecule has 3 atom stereocenters. The van der Waals surface area contributed by atoms with Crippen LogP contribution in [0, 0.1) is 5.92 Å². The van der Waals surface area contributed by atoms with Crippen LogP contribution in [0.15, 0.2) is 5.11 Å². The first-order valence-corrected chi connectivity index (χ1v) is 4.43. The summed E-state index contributed by atoms with van der Waals surface area (Å²) in [4.78, 5) is 2.75. The van der Waals surface area contributed by atoms with Gasteiger partial charge in [0, 0.05) is 24.6 Å². The topological polar surface area (TPSA) is 67.2 Å². The summed E-state index contributed by atoms with van der Waals surface area (Å²) >= 11 is 0. The molecule has 0 radical (unpaired) electrons. The summed E-state index contributed by atoms with van der Waals surface area (Å²) in [6.45, 7) is 1.09. The van der Waals surface area contributed by atoms with Gasteiger partial charge in [0.05, 0.1) is 12.7 Å². The monoisotopic (exact) mass is 183 g/mol. The third-order valence-corrected chi connectivity index (χ3v) is 2.28. The molecule has 0 bridgehead atoms. The molecule has 0 N–H and O–H groups in total. The van der Waals surface area contributed by atoms with E-state index >= 15 is 0 Å². The lowest BCUT2D eigenvalue weighted by molar-refractivity contribution is 0.0108. The van der Waals surface area contributed by atoms with Gasteiger partial charge in [0.2, 0.25) is 0 Å². The fraction of sp³-hybridized carbons (Fsp3) is 1.00. The first-order chi connectivity index (χ1) is 6.27. The van der Waals surface area contributed by atoms with E-state index in [9.17, 15) is 0 Å². The molecule has 1 heterocycles. The molecule has 13 heavy (non-hydrogen) atoms. The average molecular weight is 183 g/mol. The summed E-state index contributed by atoms with van der Waals surface area (Å²) in [6, 6.07) is 0.249. The van der Waals surface area contributed by atoms with Gasteiger partial charge in [-0.1, -0.05) is 5.11 Å². The molecule has 0 saturated carbocycles. The van der Waals surface area contributed by atoms with Crippen LogP contribution >= 0.6 is 0 Å². The van der Waals surface area contributed by atoms with Crippen LogP contribution in [0.2, 0.25) is 0 Å². The number of azide groups is 1. The van der Waals surface area contributed by atoms with Gasteiger partial charge < -0.3 is 9.47 Å². The van der Waals surface area contributed by atoms with Gasteiger partial charge in [0.1, 0.15) is 7.85 Å². The predicted octanol–water partition coefficient (Wildman–Crippen LogP) is 0.307. The summed E-state index contributed by atoms with van der Waals surface area (Å²) < 4.78 is 10.6. The maximum atomic E-state index is 8.19. The Hall–Kier alpha value is -0.705. The zero-order valence-corrected chi connectivity index (χ0v) is 8.01. The van der Waals surface area contributed by atoms with E-state index in [1.165, 1.54) is 0 Å². The van der Waals surface area contributed by atoms with Crippen LogP contribution < -0.4 is 0 Å². The Morgan fingerprint density at radius 3 is 3.15 bits per heavy atom. The molecule has 6 heteroatoms. The highest BCUT2D eigenvalue weighted by molar-refractivity contribution is 6.11. The molecule has 5 nitrogen and oxygen atoms in total. The standard InChI is InChI=1S/C7H14BN3O2/c1-12-4-6-5(3-10-11-9)2-7(8)13-6/h5-7H,2-4,8H2,1H3/t5-,6+,7+/m0/s1. The first kappa shape index (κ1) is 10.4. The molecule has 0 aliphatic carbocycles. The van der Waals surface area contributed by atoms with Crippen LogP contribution in [0.4, 0.5) is 0 Å². The van der Waals surface area contributed by atoms with Crippen molar-refractivity contribution in [1.29, 1.82) is 0 Å². The number of nitrogens with zero attached hydrogens (tertiary/aromatic N) is 3. The highest BCUT2D eigenvalue weighted by Crippen LogP contribution is 2.25. The van der Waals surface area contributed by atoms with Gasteiger partial charge in [-0.15, -0.1) is 0 Å². The number of hydrogen-bond acceptors (Lipinski definition) is 3. The molecule has 0 amide bonds. The Morgan fingerprint density at radius 1 is 1.77 bits per heavy atom. The first-order valence-electron chi connectivity index (χ1n) is 4.43. The van der Waals surface area contributed by atoms with Crippen molar-refractivity contribution in [2.75, 3.05) is 20.3 Å². The summed E-state index contributed by atoms with van der Waals surface area (Å²) in [5, 5.41) is 3.57. The van der Waals surface area contributed by atoms with E-state index in [1.54, 1.807) is 7.11 Å². The van der Waals surface area contributed by atoms with Crippen LogP contribution in [-0.4, -0.2) is 40.2 Å². The molecule has 1 saturated heterocycles. The van der Waals surface area contributed by atoms with Crippen LogP contribution in [-0.2, 0) is 9.47 Å². The lowest BCUT2D eigenvalue weighted by atomic mass is 9.91. The van der Waals surface area contributed by atoms with E-state index in [0.717, 1.165) is 6.42 Å². The van der Waals surface area contributed by atoms with E-state index in [0.29, 0.717) is 19.1 Å². The van der Waals surface area contributed by atoms with E-state index in [4.69, 9.17) is 15.0 Å². The smallest absolute Gasteiger partial charge is 0.139 e. The molecule has 0 spiro atoms. The van der Waals surface area contributed by atoms with Crippen molar-refractivity contribution in [1.82, 2.24) is 0 Å². The molecule has 0 aromatic heterocycles. The number of methoxy groups -OCH3 is 1. The molecule has 1 aliphatic rings. The van der Waals surface area contributed by atoms with Crippen molar-refractivity contribution in [2.24, 2.45) is 11.0 Å². The van der Waals surface area contributed by atoms with Crippen molar-refractivity contribution in [3.63, 3.8) is 0 Å². The SMILES string of the molecule is B[C@H]1C[C@@H](CN=[N+]=[N-])[C@@H](COC)O1. The number of ether oxygens (including phenoxy) is 2. The van der Waals surface area contributed by atoms with Gasteiger partial charge >= 0.3 is 0 Å². The third-order valence-electron chi connectivity index (χ3n) is 2.28. The summed E-state index contributed by atoms with van der Waals surface area (Å²) in [7, 11) is 3.68. The Morgan fingerprint density at radius 2 is 2.54 bits per heavy atom. The summed E-state index contributed by atoms with van der Waals surface area (Å²) in [6.07, 6.45) is 1.04. The molecular formula is C7H14BN3O2. The van der Waals surface area contributed by atoms with Gasteiger partial charge in [-0.3, -0.25) is 0 Å². The predicted molar refractivity (Wildman–Crippen MR) is 51.2 cm³/mol. The maximum absolute atomic E-state index is 8.19. The molecule has 0 unspecified atom stereocenters. The highest BCUT2D eigenvalue weighted by Gasteiger charge is 2.31. The highest BCUT2D eigenvalue weighted by atomic mass is 16.5. The third kappa shape index (κ3) is 2.92. The van der Waals surface area contributed by atoms with Crippen LogP contribution in [0.3, 0.4) is 0 Å². The fourth-order valence-electron chi connectivity index (χ4n) is 1.72. The average Bonchev–Trinajstić information content (AvgIpc) is 2.44. The van der Waals surface area contributed by atoms with Gasteiger partial charge in [-0.05, 0) is 17.9 Å². The largest absolute Gasteiger partial charge is 0.382 e. The van der Waals surface area contributed by atoms with Gasteiger partial charge in [-0.2, -0.15) is 0 Å². The maximum Gasteiger partial charge on any atom is 0.139 e. The number of hydrogen-bond donors (Lipinski definition) is 0. The minimum absolute atomic E-state index is 0.0884. The second-order valence-corrected chi connectivity index (χ2v) is 3.35. The Bertz CT molecular complexity index is 208. The van der Waals surface area contributed by atoms with E-state index in [2.05, 4.69) is 10.0 Å². The zero-order chi connectivity index (χ0) is 9.68. The van der Waals surface area contributed by atoms with Crippen LogP contribution in [0.1, 0.15) is 6.42 Å². The Kier molecular flexibility index (Phi) is 4.08. The summed E-state index contributed by atoms with van der Waals surface area (Å²) in [5.41, 5.74) is 8.19. The van der Waals surface area contributed by atoms with Crippen molar-refractivity contribution in [3.05, 3.63) is 10.4 Å². The van der Waals surface area contributed by atoms with Crippen molar-refractivity contribution in [2.45, 2.75) is 18.5 Å². The minimum Gasteiger partial charge on any atom is -0.382 e. The van der Waals surface area contributed by atoms with E-state index in [-0.39, 0.29) is 12.1 Å². The quantitative estimate of drug-likeness (QED) is 0.272. The van der Waals surface area contributed by atoms with Crippen molar-refractivity contribution >= 4 is 7.85 Å². The Balaban J connectivity index is 2.44. The minimum atomic E-state index is 0.0884. The second-order valence-electron chi connectivity index (χ2n) is 3.35. The van der Waals surface area contributed by atoms with Gasteiger partial charge in [0.25, 0.3) is 0 Å². The normalized spacial score (nSPS) is 32.8. The van der Waals surface area contributed by atoms with E-state index < -0.39 is 0 Å². The van der Waals surface area contributed by atoms with Gasteiger partial charge in [0.15, 0.2) is 0 Å². The molecule has 72 valence electrons. The van der Waals surface area contributed by atoms with Crippen LogP contribution in [0.25, 0.3) is 10.4 Å².